The summed E-state index contributed by atoms with van der Waals surface area (Å²) in [5.74, 6) is 1.18. The lowest BCUT2D eigenvalue weighted by Crippen LogP contribution is -2.32. The summed E-state index contributed by atoms with van der Waals surface area (Å²) in [5.41, 5.74) is 1.83. The van der Waals surface area contributed by atoms with Crippen molar-refractivity contribution in [2.75, 3.05) is 23.3 Å². The molecular weight excluding hydrogens is 388 g/mol. The smallest absolute Gasteiger partial charge is 0.350 e. The summed E-state index contributed by atoms with van der Waals surface area (Å²) in [7, 11) is 0. The molecule has 154 valence electrons. The van der Waals surface area contributed by atoms with Gasteiger partial charge in [0, 0.05) is 13.1 Å². The Morgan fingerprint density at radius 1 is 1.17 bits per heavy atom. The number of hydrogen-bond donors (Lipinski definition) is 1. The molecule has 0 radical (unpaired) electrons. The molecule has 0 saturated heterocycles. The van der Waals surface area contributed by atoms with Gasteiger partial charge in [0.05, 0.1) is 15.1 Å². The van der Waals surface area contributed by atoms with Crippen LogP contribution in [-0.2, 0) is 0 Å². The largest absolute Gasteiger partial charge is 0.353 e. The minimum atomic E-state index is -0.413. The predicted octanol–water partition coefficient (Wildman–Crippen LogP) is 5.16. The predicted molar refractivity (Wildman–Crippen MR) is 118 cm³/mol. The Morgan fingerprint density at radius 2 is 1.86 bits per heavy atom. The van der Waals surface area contributed by atoms with Crippen molar-refractivity contribution in [3.63, 3.8) is 0 Å². The van der Waals surface area contributed by atoms with Gasteiger partial charge in [-0.3, -0.25) is 10.1 Å². The zero-order valence-electron chi connectivity index (χ0n) is 17.3. The molecule has 29 heavy (non-hydrogen) atoms. The van der Waals surface area contributed by atoms with Crippen molar-refractivity contribution in [1.82, 2.24) is 15.0 Å². The number of thiazole rings is 1. The van der Waals surface area contributed by atoms with E-state index in [1.807, 2.05) is 30.0 Å². The number of anilines is 3. The molecule has 2 aromatic heterocycles. The van der Waals surface area contributed by atoms with Crippen molar-refractivity contribution in [3.05, 3.63) is 40.2 Å². The maximum Gasteiger partial charge on any atom is 0.353 e. The van der Waals surface area contributed by atoms with Crippen molar-refractivity contribution < 1.29 is 4.92 Å². The Balaban J connectivity index is 2.03. The van der Waals surface area contributed by atoms with Crippen LogP contribution in [0.5, 0.6) is 0 Å². The highest BCUT2D eigenvalue weighted by atomic mass is 32.1. The molecule has 0 amide bonds. The Hall–Kier alpha value is -2.81. The molecule has 0 aliphatic rings. The molecule has 0 bridgehead atoms. The van der Waals surface area contributed by atoms with E-state index in [-0.39, 0.29) is 11.5 Å². The fraction of sp³-hybridized carbons (Fsp3) is 0.450. The average molecular weight is 415 g/mol. The van der Waals surface area contributed by atoms with Crippen LogP contribution in [0.1, 0.15) is 33.3 Å². The lowest BCUT2D eigenvalue weighted by Gasteiger charge is -2.27. The number of para-hydroxylation sites is 1. The number of rotatable bonds is 8. The zero-order chi connectivity index (χ0) is 21.1. The lowest BCUT2D eigenvalue weighted by atomic mass is 10.1. The second-order valence-electron chi connectivity index (χ2n) is 7.91. The minimum absolute atomic E-state index is 0.121. The molecule has 0 unspecified atom stereocenters. The first kappa shape index (κ1) is 20.9. The molecule has 3 rings (SSSR count). The quantitative estimate of drug-likeness (QED) is 0.401. The average Bonchev–Trinajstić information content (AvgIpc) is 3.04. The van der Waals surface area contributed by atoms with Gasteiger partial charge >= 0.3 is 5.69 Å². The van der Waals surface area contributed by atoms with Gasteiger partial charge < -0.3 is 10.2 Å². The molecule has 0 fully saturated rings. The third-order valence-electron chi connectivity index (χ3n) is 4.30. The second kappa shape index (κ2) is 8.69. The third-order valence-corrected chi connectivity index (χ3v) is 5.24. The standard InChI is InChI=1S/C20H26N6O2S/c1-12(2)9-25(10-13(3)4)19-17(26(27)28)18(21-11-22-19)24-20-23-16-14(5)7-6-8-15(16)29-20/h6-8,11-13H,9-10H2,1-5H3,(H,21,22,23,24). The van der Waals surface area contributed by atoms with Gasteiger partial charge in [-0.25, -0.2) is 15.0 Å². The van der Waals surface area contributed by atoms with Gasteiger partial charge in [-0.05, 0) is 30.4 Å². The second-order valence-corrected chi connectivity index (χ2v) is 8.94. The summed E-state index contributed by atoms with van der Waals surface area (Å²) >= 11 is 1.44. The zero-order valence-corrected chi connectivity index (χ0v) is 18.2. The fourth-order valence-corrected chi connectivity index (χ4v) is 4.17. The molecular formula is C20H26N6O2S. The van der Waals surface area contributed by atoms with Crippen LogP contribution in [0.3, 0.4) is 0 Å². The van der Waals surface area contributed by atoms with Crippen molar-refractivity contribution in [2.24, 2.45) is 11.8 Å². The van der Waals surface area contributed by atoms with E-state index in [0.29, 0.717) is 35.9 Å². The molecule has 2 heterocycles. The van der Waals surface area contributed by atoms with E-state index < -0.39 is 4.92 Å². The highest BCUT2D eigenvalue weighted by Crippen LogP contribution is 2.36. The van der Waals surface area contributed by atoms with Crippen LogP contribution in [0.4, 0.5) is 22.5 Å². The summed E-state index contributed by atoms with van der Waals surface area (Å²) in [4.78, 5) is 26.6. The van der Waals surface area contributed by atoms with Gasteiger partial charge in [-0.15, -0.1) is 0 Å². The van der Waals surface area contributed by atoms with Crippen LogP contribution < -0.4 is 10.2 Å². The SMILES string of the molecule is Cc1cccc2sc(Nc3ncnc(N(CC(C)C)CC(C)C)c3[N+](=O)[O-])nc12. The number of aryl methyl sites for hydroxylation is 1. The molecule has 0 aliphatic heterocycles. The van der Waals surface area contributed by atoms with E-state index in [4.69, 9.17) is 0 Å². The summed E-state index contributed by atoms with van der Waals surface area (Å²) in [6.07, 6.45) is 1.37. The molecule has 9 heteroatoms. The van der Waals surface area contributed by atoms with E-state index in [1.54, 1.807) is 0 Å². The first-order valence-corrected chi connectivity index (χ1v) is 10.5. The highest BCUT2D eigenvalue weighted by Gasteiger charge is 2.28. The fourth-order valence-electron chi connectivity index (χ4n) is 3.23. The Morgan fingerprint density at radius 3 is 2.45 bits per heavy atom. The number of benzene rings is 1. The molecule has 0 spiro atoms. The van der Waals surface area contributed by atoms with Crippen molar-refractivity contribution in [3.8, 4) is 0 Å². The molecule has 0 aliphatic carbocycles. The van der Waals surface area contributed by atoms with Crippen LogP contribution in [0.2, 0.25) is 0 Å². The van der Waals surface area contributed by atoms with Crippen LogP contribution in [-0.4, -0.2) is 33.0 Å². The van der Waals surface area contributed by atoms with Gasteiger partial charge in [-0.1, -0.05) is 51.2 Å². The van der Waals surface area contributed by atoms with Gasteiger partial charge in [-0.2, -0.15) is 0 Å². The van der Waals surface area contributed by atoms with Crippen LogP contribution in [0, 0.1) is 28.9 Å². The van der Waals surface area contributed by atoms with Gasteiger partial charge in [0.25, 0.3) is 0 Å². The molecule has 3 aromatic rings. The maximum atomic E-state index is 12.0. The van der Waals surface area contributed by atoms with Crippen molar-refractivity contribution >= 4 is 44.0 Å². The highest BCUT2D eigenvalue weighted by molar-refractivity contribution is 7.22. The Bertz CT molecular complexity index is 1010. The van der Waals surface area contributed by atoms with Crippen LogP contribution >= 0.6 is 11.3 Å². The number of hydrogen-bond acceptors (Lipinski definition) is 8. The number of nitrogens with zero attached hydrogens (tertiary/aromatic N) is 5. The van der Waals surface area contributed by atoms with Crippen molar-refractivity contribution in [2.45, 2.75) is 34.6 Å². The van der Waals surface area contributed by atoms with E-state index in [2.05, 4.69) is 48.0 Å². The van der Waals surface area contributed by atoms with E-state index in [9.17, 15) is 10.1 Å². The Labute approximate surface area is 174 Å². The minimum Gasteiger partial charge on any atom is -0.350 e. The molecule has 1 aromatic carbocycles. The number of nitro groups is 1. The van der Waals surface area contributed by atoms with Crippen molar-refractivity contribution in [1.29, 1.82) is 0 Å². The molecule has 8 nitrogen and oxygen atoms in total. The monoisotopic (exact) mass is 414 g/mol. The van der Waals surface area contributed by atoms with E-state index in [1.165, 1.54) is 17.7 Å². The molecule has 0 saturated carbocycles. The first-order valence-electron chi connectivity index (χ1n) is 9.63. The topological polar surface area (TPSA) is 97.1 Å². The van der Waals surface area contributed by atoms with Crippen LogP contribution in [0.25, 0.3) is 10.2 Å². The number of aromatic nitrogens is 3. The van der Waals surface area contributed by atoms with Gasteiger partial charge in [0.1, 0.15) is 6.33 Å². The van der Waals surface area contributed by atoms with E-state index in [0.717, 1.165) is 15.8 Å². The Kier molecular flexibility index (Phi) is 6.26. The van der Waals surface area contributed by atoms with E-state index >= 15 is 0 Å². The summed E-state index contributed by atoms with van der Waals surface area (Å²) in [5, 5.41) is 15.6. The van der Waals surface area contributed by atoms with Gasteiger partial charge in [0.15, 0.2) is 5.13 Å². The summed E-state index contributed by atoms with van der Waals surface area (Å²) in [6, 6.07) is 5.95. The molecule has 1 N–H and O–H groups in total. The lowest BCUT2D eigenvalue weighted by molar-refractivity contribution is -0.383. The third kappa shape index (κ3) is 4.79. The summed E-state index contributed by atoms with van der Waals surface area (Å²) in [6.45, 7) is 11.7. The summed E-state index contributed by atoms with van der Waals surface area (Å²) < 4.78 is 1.02. The maximum absolute atomic E-state index is 12.0. The number of fused-ring (bicyclic) bond motifs is 1. The first-order chi connectivity index (χ1) is 13.8. The van der Waals surface area contributed by atoms with Gasteiger partial charge in [0.2, 0.25) is 11.6 Å². The normalized spacial score (nSPS) is 11.4. The van der Waals surface area contributed by atoms with Crippen LogP contribution in [0.15, 0.2) is 24.5 Å². The molecule has 0 atom stereocenters. The number of nitrogens with one attached hydrogen (secondary N) is 1.